The first kappa shape index (κ1) is 13.5. The van der Waals surface area contributed by atoms with E-state index in [1.165, 1.54) is 6.26 Å². The molecule has 100 valence electrons. The van der Waals surface area contributed by atoms with Gasteiger partial charge in [0.25, 0.3) is 0 Å². The fourth-order valence-corrected chi connectivity index (χ4v) is 2.37. The lowest BCUT2D eigenvalue weighted by molar-refractivity contribution is 0.328. The maximum atomic E-state index is 11.4. The zero-order chi connectivity index (χ0) is 13.9. The second kappa shape index (κ2) is 5.40. The summed E-state index contributed by atoms with van der Waals surface area (Å²) in [6, 6.07) is 10.4. The van der Waals surface area contributed by atoms with Gasteiger partial charge in [-0.05, 0) is 36.8 Å². The molecule has 0 aliphatic heterocycles. The van der Waals surface area contributed by atoms with Gasteiger partial charge in [0.15, 0.2) is 9.84 Å². The van der Waals surface area contributed by atoms with Crippen molar-refractivity contribution < 1.29 is 13.2 Å². The lowest BCUT2D eigenvalue weighted by atomic mass is 10.1. The molecule has 1 heterocycles. The number of nitrogens with zero attached hydrogens (tertiary/aromatic N) is 1. The van der Waals surface area contributed by atoms with Gasteiger partial charge in [0.2, 0.25) is 5.88 Å². The molecular weight excluding hydrogens is 262 g/mol. The van der Waals surface area contributed by atoms with Crippen molar-refractivity contribution in [3.8, 4) is 17.0 Å². The van der Waals surface area contributed by atoms with E-state index in [2.05, 4.69) is 4.98 Å². The Bertz CT molecular complexity index is 663. The van der Waals surface area contributed by atoms with Crippen LogP contribution in [0.5, 0.6) is 5.88 Å². The van der Waals surface area contributed by atoms with E-state index in [1.54, 1.807) is 30.5 Å². The van der Waals surface area contributed by atoms with Crippen molar-refractivity contribution in [1.29, 1.82) is 0 Å². The van der Waals surface area contributed by atoms with Gasteiger partial charge in [-0.1, -0.05) is 12.1 Å². The Labute approximate surface area is 113 Å². The zero-order valence-electron chi connectivity index (χ0n) is 10.8. The molecule has 0 saturated carbocycles. The van der Waals surface area contributed by atoms with Crippen LogP contribution in [0.2, 0.25) is 0 Å². The fourth-order valence-electron chi connectivity index (χ4n) is 1.74. The van der Waals surface area contributed by atoms with Crippen LogP contribution in [0, 0.1) is 0 Å². The Morgan fingerprint density at radius 2 is 1.84 bits per heavy atom. The van der Waals surface area contributed by atoms with Gasteiger partial charge >= 0.3 is 0 Å². The van der Waals surface area contributed by atoms with Crippen molar-refractivity contribution in [3.63, 3.8) is 0 Å². The summed E-state index contributed by atoms with van der Waals surface area (Å²) >= 11 is 0. The molecule has 0 N–H and O–H groups in total. The number of aromatic nitrogens is 1. The Morgan fingerprint density at radius 1 is 1.16 bits per heavy atom. The van der Waals surface area contributed by atoms with Crippen molar-refractivity contribution in [1.82, 2.24) is 4.98 Å². The minimum Gasteiger partial charge on any atom is -0.478 e. The highest BCUT2D eigenvalue weighted by Crippen LogP contribution is 2.28. The maximum absolute atomic E-state index is 11.4. The van der Waals surface area contributed by atoms with Crippen LogP contribution in [0.15, 0.2) is 47.5 Å². The summed E-state index contributed by atoms with van der Waals surface area (Å²) in [6.07, 6.45) is 2.86. The molecule has 0 aliphatic carbocycles. The molecule has 4 nitrogen and oxygen atoms in total. The third kappa shape index (κ3) is 3.12. The van der Waals surface area contributed by atoms with Gasteiger partial charge in [-0.2, -0.15) is 0 Å². The van der Waals surface area contributed by atoms with Crippen molar-refractivity contribution in [3.05, 3.63) is 42.6 Å². The summed E-state index contributed by atoms with van der Waals surface area (Å²) in [5.41, 5.74) is 1.73. The third-order valence-corrected chi connectivity index (χ3v) is 3.77. The average Bonchev–Trinajstić information content (AvgIpc) is 2.39. The normalized spacial score (nSPS) is 11.3. The van der Waals surface area contributed by atoms with Crippen LogP contribution < -0.4 is 4.74 Å². The van der Waals surface area contributed by atoms with Crippen molar-refractivity contribution in [2.75, 3.05) is 12.9 Å². The molecule has 19 heavy (non-hydrogen) atoms. The third-order valence-electron chi connectivity index (χ3n) is 2.65. The zero-order valence-corrected chi connectivity index (χ0v) is 11.6. The average molecular weight is 277 g/mol. The summed E-state index contributed by atoms with van der Waals surface area (Å²) in [6.45, 7) is 2.43. The molecule has 0 spiro atoms. The fraction of sp³-hybridized carbons (Fsp3) is 0.214. The van der Waals surface area contributed by atoms with Gasteiger partial charge in [0.05, 0.1) is 11.5 Å². The van der Waals surface area contributed by atoms with Gasteiger partial charge < -0.3 is 4.74 Å². The summed E-state index contributed by atoms with van der Waals surface area (Å²) in [5.74, 6) is 0.553. The Balaban J connectivity index is 2.43. The smallest absolute Gasteiger partial charge is 0.221 e. The number of hydrogen-bond acceptors (Lipinski definition) is 4. The molecule has 0 bridgehead atoms. The number of benzene rings is 1. The van der Waals surface area contributed by atoms with E-state index in [9.17, 15) is 8.42 Å². The van der Waals surface area contributed by atoms with E-state index < -0.39 is 9.84 Å². The number of hydrogen-bond donors (Lipinski definition) is 0. The Morgan fingerprint density at radius 3 is 2.42 bits per heavy atom. The standard InChI is InChI=1S/C14H15NO3S/c1-3-18-14-13(5-4-10-15-14)11-6-8-12(9-7-11)19(2,16)17/h4-10H,3H2,1-2H3. The highest BCUT2D eigenvalue weighted by atomic mass is 32.2. The second-order valence-corrected chi connectivity index (χ2v) is 6.10. The quantitative estimate of drug-likeness (QED) is 0.861. The lowest BCUT2D eigenvalue weighted by Crippen LogP contribution is -1.98. The van der Waals surface area contributed by atoms with E-state index in [0.717, 1.165) is 11.1 Å². The number of pyridine rings is 1. The van der Waals surface area contributed by atoms with Gasteiger partial charge in [0.1, 0.15) is 0 Å². The molecule has 2 rings (SSSR count). The van der Waals surface area contributed by atoms with Gasteiger partial charge in [-0.3, -0.25) is 0 Å². The van der Waals surface area contributed by atoms with Crippen LogP contribution in [-0.4, -0.2) is 26.3 Å². The molecule has 1 aromatic heterocycles. The lowest BCUT2D eigenvalue weighted by Gasteiger charge is -2.09. The van der Waals surface area contributed by atoms with E-state index in [-0.39, 0.29) is 0 Å². The van der Waals surface area contributed by atoms with Crippen LogP contribution in [0.1, 0.15) is 6.92 Å². The minimum atomic E-state index is -3.17. The molecule has 0 amide bonds. The highest BCUT2D eigenvalue weighted by molar-refractivity contribution is 7.90. The van der Waals surface area contributed by atoms with Gasteiger partial charge in [0, 0.05) is 18.0 Å². The van der Waals surface area contributed by atoms with E-state index in [0.29, 0.717) is 17.4 Å². The Hall–Kier alpha value is -1.88. The SMILES string of the molecule is CCOc1ncccc1-c1ccc(S(C)(=O)=O)cc1. The van der Waals surface area contributed by atoms with Crippen LogP contribution >= 0.6 is 0 Å². The summed E-state index contributed by atoms with van der Waals surface area (Å²) in [4.78, 5) is 4.48. The first-order valence-electron chi connectivity index (χ1n) is 5.90. The van der Waals surface area contributed by atoms with Crippen LogP contribution in [0.25, 0.3) is 11.1 Å². The molecular formula is C14H15NO3S. The largest absolute Gasteiger partial charge is 0.478 e. The number of rotatable bonds is 4. The van der Waals surface area contributed by atoms with Crippen LogP contribution in [0.4, 0.5) is 0 Å². The topological polar surface area (TPSA) is 56.3 Å². The summed E-state index contributed by atoms with van der Waals surface area (Å²) < 4.78 is 28.3. The molecule has 5 heteroatoms. The molecule has 0 aliphatic rings. The van der Waals surface area contributed by atoms with E-state index in [1.807, 2.05) is 19.1 Å². The van der Waals surface area contributed by atoms with Crippen molar-refractivity contribution in [2.45, 2.75) is 11.8 Å². The summed E-state index contributed by atoms with van der Waals surface area (Å²) in [5, 5.41) is 0. The first-order valence-corrected chi connectivity index (χ1v) is 7.80. The highest BCUT2D eigenvalue weighted by Gasteiger charge is 2.10. The molecule has 0 saturated heterocycles. The van der Waals surface area contributed by atoms with Gasteiger partial charge in [-0.25, -0.2) is 13.4 Å². The predicted molar refractivity (Wildman–Crippen MR) is 74.0 cm³/mol. The van der Waals surface area contributed by atoms with Gasteiger partial charge in [-0.15, -0.1) is 0 Å². The maximum Gasteiger partial charge on any atom is 0.221 e. The molecule has 0 fully saturated rings. The molecule has 1 aromatic carbocycles. The second-order valence-electron chi connectivity index (χ2n) is 4.09. The van der Waals surface area contributed by atoms with Crippen molar-refractivity contribution >= 4 is 9.84 Å². The molecule has 0 radical (unpaired) electrons. The number of sulfone groups is 1. The predicted octanol–water partition coefficient (Wildman–Crippen LogP) is 2.55. The first-order chi connectivity index (χ1) is 9.02. The minimum absolute atomic E-state index is 0.304. The molecule has 0 unspecified atom stereocenters. The molecule has 0 atom stereocenters. The Kier molecular flexibility index (Phi) is 3.85. The van der Waals surface area contributed by atoms with E-state index in [4.69, 9.17) is 4.74 Å². The number of ether oxygens (including phenoxy) is 1. The van der Waals surface area contributed by atoms with E-state index >= 15 is 0 Å². The molecule has 2 aromatic rings. The monoisotopic (exact) mass is 277 g/mol. The van der Waals surface area contributed by atoms with Crippen molar-refractivity contribution in [2.24, 2.45) is 0 Å². The summed E-state index contributed by atoms with van der Waals surface area (Å²) in [7, 11) is -3.17. The van der Waals surface area contributed by atoms with Crippen LogP contribution in [-0.2, 0) is 9.84 Å². The van der Waals surface area contributed by atoms with Crippen LogP contribution in [0.3, 0.4) is 0 Å².